The number of halogens is 1. The lowest BCUT2D eigenvalue weighted by Crippen LogP contribution is -2.33. The van der Waals surface area contributed by atoms with Gasteiger partial charge in [0.2, 0.25) is 5.91 Å². The number of nitrogens with one attached hydrogen (secondary N) is 1. The Morgan fingerprint density at radius 1 is 1.15 bits per heavy atom. The van der Waals surface area contributed by atoms with Crippen LogP contribution >= 0.6 is 0 Å². The molecule has 0 saturated carbocycles. The quantitative estimate of drug-likeness (QED) is 0.647. The fraction of sp³-hybridized carbons (Fsp3) is 0.333. The standard InChI is InChI=1S/C21H21FN2O3/c22-18-5-1-14(2-6-18)12-24-13-21(11-19(24)25)8-7-15-3-4-16(20(26)23-27)9-17(15)10-21/h1-6,9,27H,7-8,10-13H2,(H,23,26)/t21-/m0/s1. The molecule has 4 rings (SSSR count). The molecular weight excluding hydrogens is 347 g/mol. The highest BCUT2D eigenvalue weighted by molar-refractivity contribution is 5.93. The summed E-state index contributed by atoms with van der Waals surface area (Å²) >= 11 is 0. The Hall–Kier alpha value is -2.73. The molecule has 2 aromatic rings. The number of hydrogen-bond donors (Lipinski definition) is 2. The first-order chi connectivity index (χ1) is 13.0. The van der Waals surface area contributed by atoms with E-state index in [4.69, 9.17) is 5.21 Å². The van der Waals surface area contributed by atoms with E-state index < -0.39 is 5.91 Å². The van der Waals surface area contributed by atoms with Gasteiger partial charge in [0.05, 0.1) is 0 Å². The topological polar surface area (TPSA) is 69.6 Å². The van der Waals surface area contributed by atoms with Gasteiger partial charge in [0.1, 0.15) is 5.82 Å². The lowest BCUT2D eigenvalue weighted by molar-refractivity contribution is -0.128. The molecular formula is C21H21FN2O3. The van der Waals surface area contributed by atoms with Crippen LogP contribution in [0.2, 0.25) is 0 Å². The van der Waals surface area contributed by atoms with Crippen molar-refractivity contribution >= 4 is 11.8 Å². The molecule has 1 atom stereocenters. The normalized spacial score (nSPS) is 21.4. The van der Waals surface area contributed by atoms with E-state index in [1.807, 2.05) is 17.0 Å². The van der Waals surface area contributed by atoms with E-state index in [-0.39, 0.29) is 17.1 Å². The Morgan fingerprint density at radius 3 is 2.67 bits per heavy atom. The van der Waals surface area contributed by atoms with Gasteiger partial charge in [0.15, 0.2) is 0 Å². The molecule has 1 aliphatic carbocycles. The molecule has 27 heavy (non-hydrogen) atoms. The van der Waals surface area contributed by atoms with Gasteiger partial charge in [-0.2, -0.15) is 0 Å². The molecule has 0 aromatic heterocycles. The number of rotatable bonds is 3. The van der Waals surface area contributed by atoms with E-state index in [1.165, 1.54) is 17.7 Å². The number of amides is 2. The summed E-state index contributed by atoms with van der Waals surface area (Å²) in [7, 11) is 0. The highest BCUT2D eigenvalue weighted by Crippen LogP contribution is 2.43. The van der Waals surface area contributed by atoms with Crippen molar-refractivity contribution in [1.29, 1.82) is 0 Å². The van der Waals surface area contributed by atoms with Crippen molar-refractivity contribution in [2.45, 2.75) is 32.2 Å². The van der Waals surface area contributed by atoms with Crippen LogP contribution in [0.5, 0.6) is 0 Å². The Morgan fingerprint density at radius 2 is 1.93 bits per heavy atom. The lowest BCUT2D eigenvalue weighted by Gasteiger charge is -2.34. The van der Waals surface area contributed by atoms with Gasteiger partial charge in [-0.25, -0.2) is 9.87 Å². The molecule has 2 amide bonds. The highest BCUT2D eigenvalue weighted by Gasteiger charge is 2.44. The van der Waals surface area contributed by atoms with E-state index in [0.29, 0.717) is 25.1 Å². The summed E-state index contributed by atoms with van der Waals surface area (Å²) in [5.41, 5.74) is 5.14. The molecule has 1 saturated heterocycles. The summed E-state index contributed by atoms with van der Waals surface area (Å²) in [4.78, 5) is 26.1. The van der Waals surface area contributed by atoms with Crippen LogP contribution in [0.3, 0.4) is 0 Å². The van der Waals surface area contributed by atoms with Crippen molar-refractivity contribution in [1.82, 2.24) is 10.4 Å². The minimum atomic E-state index is -0.530. The Bertz CT molecular complexity index is 897. The first-order valence-corrected chi connectivity index (χ1v) is 9.06. The van der Waals surface area contributed by atoms with Gasteiger partial charge in [-0.05, 0) is 60.2 Å². The summed E-state index contributed by atoms with van der Waals surface area (Å²) < 4.78 is 13.1. The fourth-order valence-electron chi connectivity index (χ4n) is 4.35. The van der Waals surface area contributed by atoms with Crippen molar-refractivity contribution in [3.05, 3.63) is 70.5 Å². The van der Waals surface area contributed by atoms with Crippen molar-refractivity contribution in [2.75, 3.05) is 6.54 Å². The number of carbonyl (C=O) groups is 2. The number of likely N-dealkylation sites (tertiary alicyclic amines) is 1. The first-order valence-electron chi connectivity index (χ1n) is 9.06. The molecule has 0 unspecified atom stereocenters. The van der Waals surface area contributed by atoms with Gasteiger partial charge >= 0.3 is 0 Å². The number of aryl methyl sites for hydroxylation is 1. The summed E-state index contributed by atoms with van der Waals surface area (Å²) in [6.45, 7) is 1.15. The molecule has 2 aliphatic rings. The van der Waals surface area contributed by atoms with Crippen LogP contribution in [0.4, 0.5) is 4.39 Å². The van der Waals surface area contributed by atoms with Gasteiger partial charge in [0.25, 0.3) is 5.91 Å². The third-order valence-corrected chi connectivity index (χ3v) is 5.75. The van der Waals surface area contributed by atoms with Crippen molar-refractivity contribution in [2.24, 2.45) is 5.41 Å². The van der Waals surface area contributed by atoms with Crippen molar-refractivity contribution in [3.63, 3.8) is 0 Å². The Labute approximate surface area is 156 Å². The van der Waals surface area contributed by atoms with Crippen LogP contribution < -0.4 is 5.48 Å². The molecule has 1 aliphatic heterocycles. The monoisotopic (exact) mass is 368 g/mol. The third-order valence-electron chi connectivity index (χ3n) is 5.75. The Balaban J connectivity index is 1.52. The van der Waals surface area contributed by atoms with Crippen molar-refractivity contribution in [3.8, 4) is 0 Å². The summed E-state index contributed by atoms with van der Waals surface area (Å²) in [5, 5.41) is 8.85. The van der Waals surface area contributed by atoms with E-state index in [2.05, 4.69) is 0 Å². The molecule has 0 bridgehead atoms. The van der Waals surface area contributed by atoms with Gasteiger partial charge in [-0.15, -0.1) is 0 Å². The second kappa shape index (κ2) is 6.78. The molecule has 2 aromatic carbocycles. The SMILES string of the molecule is O=C(NO)c1ccc2c(c1)C[C@@]1(CC2)CC(=O)N(Cc2ccc(F)cc2)C1. The van der Waals surface area contributed by atoms with Gasteiger partial charge in [-0.1, -0.05) is 18.2 Å². The van der Waals surface area contributed by atoms with E-state index in [0.717, 1.165) is 30.4 Å². The molecule has 1 heterocycles. The molecule has 140 valence electrons. The highest BCUT2D eigenvalue weighted by atomic mass is 19.1. The largest absolute Gasteiger partial charge is 0.338 e. The van der Waals surface area contributed by atoms with Crippen LogP contribution in [0.25, 0.3) is 0 Å². The summed E-state index contributed by atoms with van der Waals surface area (Å²) in [5.74, 6) is -0.695. The maximum Gasteiger partial charge on any atom is 0.274 e. The summed E-state index contributed by atoms with van der Waals surface area (Å²) in [6, 6.07) is 11.7. The van der Waals surface area contributed by atoms with Crippen molar-refractivity contribution < 1.29 is 19.2 Å². The molecule has 6 heteroatoms. The molecule has 1 fully saturated rings. The van der Waals surface area contributed by atoms with Gasteiger partial charge < -0.3 is 4.90 Å². The smallest absolute Gasteiger partial charge is 0.274 e. The maximum absolute atomic E-state index is 13.1. The second-order valence-electron chi connectivity index (χ2n) is 7.65. The predicted molar refractivity (Wildman–Crippen MR) is 96.6 cm³/mol. The Kier molecular flexibility index (Phi) is 4.44. The second-order valence-corrected chi connectivity index (χ2v) is 7.65. The molecule has 1 spiro atoms. The summed E-state index contributed by atoms with van der Waals surface area (Å²) in [6.07, 6.45) is 3.02. The lowest BCUT2D eigenvalue weighted by atomic mass is 9.70. The van der Waals surface area contributed by atoms with E-state index in [9.17, 15) is 14.0 Å². The third kappa shape index (κ3) is 3.45. The zero-order valence-electron chi connectivity index (χ0n) is 14.9. The molecule has 5 nitrogen and oxygen atoms in total. The van der Waals surface area contributed by atoms with Crippen LogP contribution in [0.1, 0.15) is 39.9 Å². The average Bonchev–Trinajstić information content (AvgIpc) is 2.96. The average molecular weight is 368 g/mol. The van der Waals surface area contributed by atoms with Crippen LogP contribution in [-0.4, -0.2) is 28.5 Å². The first kappa shape index (κ1) is 17.7. The number of fused-ring (bicyclic) bond motifs is 1. The van der Waals surface area contributed by atoms with Crippen LogP contribution in [0, 0.1) is 11.2 Å². The minimum absolute atomic E-state index is 0.118. The number of benzene rings is 2. The van der Waals surface area contributed by atoms with Crippen LogP contribution in [0.15, 0.2) is 42.5 Å². The van der Waals surface area contributed by atoms with E-state index in [1.54, 1.807) is 23.7 Å². The minimum Gasteiger partial charge on any atom is -0.338 e. The molecule has 2 N–H and O–H groups in total. The van der Waals surface area contributed by atoms with Gasteiger partial charge in [-0.3, -0.25) is 14.8 Å². The number of hydroxylamine groups is 1. The number of nitrogens with zero attached hydrogens (tertiary/aromatic N) is 1. The zero-order valence-corrected chi connectivity index (χ0v) is 14.9. The number of carbonyl (C=O) groups excluding carboxylic acids is 2. The zero-order chi connectivity index (χ0) is 19.0. The predicted octanol–water partition coefficient (Wildman–Crippen LogP) is 2.85. The maximum atomic E-state index is 13.1. The van der Waals surface area contributed by atoms with Crippen LogP contribution in [-0.2, 0) is 24.2 Å². The van der Waals surface area contributed by atoms with Gasteiger partial charge in [0, 0.05) is 30.5 Å². The van der Waals surface area contributed by atoms with E-state index >= 15 is 0 Å². The number of hydrogen-bond acceptors (Lipinski definition) is 3. The molecule has 0 radical (unpaired) electrons. The fourth-order valence-corrected chi connectivity index (χ4v) is 4.35.